The molecule has 0 aliphatic heterocycles. The number of rotatable bonds is 8. The molecule has 2 N–H and O–H groups in total. The molecule has 0 aliphatic carbocycles. The maximum atomic E-state index is 13.2. The summed E-state index contributed by atoms with van der Waals surface area (Å²) in [4.78, 5) is 17.4. The smallest absolute Gasteiger partial charge is 0.264 e. The number of nitrogens with one attached hydrogen (secondary N) is 2. The molecule has 33 heavy (non-hydrogen) atoms. The maximum absolute atomic E-state index is 13.2. The second kappa shape index (κ2) is 9.83. The van der Waals surface area contributed by atoms with Crippen molar-refractivity contribution in [2.45, 2.75) is 30.7 Å². The topological polar surface area (TPSA) is 88.2 Å². The van der Waals surface area contributed by atoms with Crippen LogP contribution in [0.25, 0.3) is 10.9 Å². The van der Waals surface area contributed by atoms with Crippen LogP contribution in [0.3, 0.4) is 0 Å². The number of carbonyl (C=O) groups is 1. The maximum Gasteiger partial charge on any atom is 0.264 e. The van der Waals surface area contributed by atoms with Crippen LogP contribution < -0.4 is 10.0 Å². The second-order valence-corrected chi connectivity index (χ2v) is 9.40. The van der Waals surface area contributed by atoms with Gasteiger partial charge in [0.2, 0.25) is 0 Å². The lowest BCUT2D eigenvalue weighted by Gasteiger charge is -2.19. The van der Waals surface area contributed by atoms with Crippen LogP contribution in [0.5, 0.6) is 0 Å². The zero-order chi connectivity index (χ0) is 23.3. The average molecular weight is 460 g/mol. The highest BCUT2D eigenvalue weighted by Crippen LogP contribution is 2.25. The molecule has 1 atom stereocenters. The van der Waals surface area contributed by atoms with E-state index >= 15 is 0 Å². The van der Waals surface area contributed by atoms with Crippen molar-refractivity contribution < 1.29 is 13.2 Å². The number of carbonyl (C=O) groups excluding carboxylic acids is 1. The van der Waals surface area contributed by atoms with E-state index in [4.69, 9.17) is 0 Å². The second-order valence-electron chi connectivity index (χ2n) is 7.75. The summed E-state index contributed by atoms with van der Waals surface area (Å²) >= 11 is 0. The van der Waals surface area contributed by atoms with Gasteiger partial charge in [0.25, 0.3) is 15.9 Å². The Hall–Kier alpha value is -3.71. The third-order valence-corrected chi connectivity index (χ3v) is 6.85. The minimum absolute atomic E-state index is 0.0614. The van der Waals surface area contributed by atoms with E-state index < -0.39 is 10.0 Å². The number of benzene rings is 3. The van der Waals surface area contributed by atoms with Crippen LogP contribution in [-0.4, -0.2) is 25.4 Å². The molecule has 1 heterocycles. The molecule has 3 aromatic carbocycles. The third kappa shape index (κ3) is 5.21. The van der Waals surface area contributed by atoms with Crippen LogP contribution in [0.2, 0.25) is 0 Å². The summed E-state index contributed by atoms with van der Waals surface area (Å²) in [5, 5.41) is 3.76. The van der Waals surface area contributed by atoms with Crippen LogP contribution in [0.1, 0.15) is 29.3 Å². The van der Waals surface area contributed by atoms with Gasteiger partial charge in [0, 0.05) is 17.6 Å². The molecule has 0 aliphatic rings. The Morgan fingerprint density at radius 1 is 0.909 bits per heavy atom. The summed E-state index contributed by atoms with van der Waals surface area (Å²) in [6, 6.07) is 25.0. The minimum atomic E-state index is -3.97. The molecule has 6 nitrogen and oxygen atoms in total. The number of fused-ring (bicyclic) bond motifs is 1. The Bertz CT molecular complexity index is 1370. The van der Waals surface area contributed by atoms with Crippen LogP contribution in [0.4, 0.5) is 5.69 Å². The number of amides is 1. The SMILES string of the molecule is CCC(Cc1ccccc1)NC(=O)c1ccccc1NS(=O)(=O)c1cccc2cccnc12. The lowest BCUT2D eigenvalue weighted by atomic mass is 10.0. The van der Waals surface area contributed by atoms with Crippen molar-refractivity contribution in [1.82, 2.24) is 10.3 Å². The average Bonchev–Trinajstić information content (AvgIpc) is 2.84. The van der Waals surface area contributed by atoms with E-state index in [1.54, 1.807) is 54.7 Å². The van der Waals surface area contributed by atoms with Gasteiger partial charge in [-0.1, -0.05) is 67.6 Å². The molecule has 1 amide bonds. The van der Waals surface area contributed by atoms with E-state index in [0.717, 1.165) is 17.4 Å². The molecule has 1 unspecified atom stereocenters. The minimum Gasteiger partial charge on any atom is -0.349 e. The fraction of sp³-hybridized carbons (Fsp3) is 0.154. The van der Waals surface area contributed by atoms with Gasteiger partial charge < -0.3 is 5.32 Å². The number of nitrogens with zero attached hydrogens (tertiary/aromatic N) is 1. The van der Waals surface area contributed by atoms with Gasteiger partial charge in [-0.2, -0.15) is 0 Å². The van der Waals surface area contributed by atoms with E-state index in [-0.39, 0.29) is 28.1 Å². The summed E-state index contributed by atoms with van der Waals surface area (Å²) in [7, 11) is -3.97. The number of aromatic nitrogens is 1. The molecule has 0 radical (unpaired) electrons. The molecule has 1 aromatic heterocycles. The largest absolute Gasteiger partial charge is 0.349 e. The molecule has 7 heteroatoms. The van der Waals surface area contributed by atoms with Crippen molar-refractivity contribution in [3.8, 4) is 0 Å². The van der Waals surface area contributed by atoms with Gasteiger partial charge in [0.15, 0.2) is 0 Å². The molecule has 4 rings (SSSR count). The van der Waals surface area contributed by atoms with E-state index in [1.807, 2.05) is 37.3 Å². The van der Waals surface area contributed by atoms with Crippen LogP contribution in [0, 0.1) is 0 Å². The normalized spacial score (nSPS) is 12.3. The van der Waals surface area contributed by atoms with Gasteiger partial charge in [0.1, 0.15) is 4.90 Å². The van der Waals surface area contributed by atoms with Gasteiger partial charge in [-0.25, -0.2) is 8.42 Å². The summed E-state index contributed by atoms with van der Waals surface area (Å²) in [6.45, 7) is 2.01. The number of para-hydroxylation sites is 2. The molecule has 0 bridgehead atoms. The standard InChI is InChI=1S/C26H25N3O3S/c1-2-21(18-19-10-4-3-5-11-19)28-26(30)22-14-6-7-15-23(22)29-33(31,32)24-16-8-12-20-13-9-17-27-25(20)24/h3-17,21,29H,2,18H2,1H3,(H,28,30). The molecule has 168 valence electrons. The van der Waals surface area contributed by atoms with Crippen molar-refractivity contribution in [2.24, 2.45) is 0 Å². The molecule has 4 aromatic rings. The van der Waals surface area contributed by atoms with Gasteiger partial charge >= 0.3 is 0 Å². The van der Waals surface area contributed by atoms with Gasteiger partial charge in [-0.3, -0.25) is 14.5 Å². The first kappa shape index (κ1) is 22.5. The van der Waals surface area contributed by atoms with Crippen molar-refractivity contribution in [2.75, 3.05) is 4.72 Å². The predicted molar refractivity (Wildman–Crippen MR) is 131 cm³/mol. The highest BCUT2D eigenvalue weighted by atomic mass is 32.2. The Labute approximate surface area is 193 Å². The molecular weight excluding hydrogens is 434 g/mol. The lowest BCUT2D eigenvalue weighted by molar-refractivity contribution is 0.0936. The summed E-state index contributed by atoms with van der Waals surface area (Å²) in [5.41, 5.74) is 1.99. The zero-order valence-corrected chi connectivity index (χ0v) is 19.0. The Balaban J connectivity index is 1.58. The Kier molecular flexibility index (Phi) is 6.70. The van der Waals surface area contributed by atoms with Gasteiger partial charge in [0.05, 0.1) is 16.8 Å². The Morgan fingerprint density at radius 2 is 1.64 bits per heavy atom. The van der Waals surface area contributed by atoms with Crippen molar-refractivity contribution >= 4 is 32.5 Å². The highest BCUT2D eigenvalue weighted by molar-refractivity contribution is 7.93. The molecule has 0 fully saturated rings. The van der Waals surface area contributed by atoms with Crippen molar-refractivity contribution in [1.29, 1.82) is 0 Å². The summed E-state index contributed by atoms with van der Waals surface area (Å²) in [6.07, 6.45) is 3.00. The lowest BCUT2D eigenvalue weighted by Crippen LogP contribution is -2.36. The molecule has 0 saturated heterocycles. The summed E-state index contributed by atoms with van der Waals surface area (Å²) < 4.78 is 29.0. The number of pyridine rings is 1. The fourth-order valence-corrected chi connectivity index (χ4v) is 4.98. The fourth-order valence-electron chi connectivity index (χ4n) is 3.72. The third-order valence-electron chi connectivity index (χ3n) is 5.45. The van der Waals surface area contributed by atoms with Crippen LogP contribution in [-0.2, 0) is 16.4 Å². The molecular formula is C26H25N3O3S. The molecule has 0 spiro atoms. The van der Waals surface area contributed by atoms with Crippen molar-refractivity contribution in [3.63, 3.8) is 0 Å². The number of anilines is 1. The number of hydrogen-bond donors (Lipinski definition) is 2. The molecule has 0 saturated carbocycles. The van der Waals surface area contributed by atoms with Crippen LogP contribution in [0.15, 0.2) is 96.0 Å². The van der Waals surface area contributed by atoms with Gasteiger partial charge in [-0.15, -0.1) is 0 Å². The highest BCUT2D eigenvalue weighted by Gasteiger charge is 2.22. The first-order chi connectivity index (χ1) is 16.0. The monoisotopic (exact) mass is 459 g/mol. The van der Waals surface area contributed by atoms with Crippen LogP contribution >= 0.6 is 0 Å². The number of hydrogen-bond acceptors (Lipinski definition) is 4. The number of sulfonamides is 1. The van der Waals surface area contributed by atoms with Crippen molar-refractivity contribution in [3.05, 3.63) is 102 Å². The van der Waals surface area contributed by atoms with Gasteiger partial charge in [-0.05, 0) is 42.7 Å². The first-order valence-electron chi connectivity index (χ1n) is 10.8. The van der Waals surface area contributed by atoms with E-state index in [9.17, 15) is 13.2 Å². The van der Waals surface area contributed by atoms with E-state index in [0.29, 0.717) is 11.9 Å². The van der Waals surface area contributed by atoms with E-state index in [1.165, 1.54) is 6.07 Å². The first-order valence-corrected chi connectivity index (χ1v) is 12.3. The Morgan fingerprint density at radius 3 is 2.42 bits per heavy atom. The zero-order valence-electron chi connectivity index (χ0n) is 18.2. The predicted octanol–water partition coefficient (Wildman–Crippen LogP) is 4.79. The van der Waals surface area contributed by atoms with E-state index in [2.05, 4.69) is 15.0 Å². The quantitative estimate of drug-likeness (QED) is 0.397. The summed E-state index contributed by atoms with van der Waals surface area (Å²) in [5.74, 6) is -0.327.